The predicted molar refractivity (Wildman–Crippen MR) is 106 cm³/mol. The van der Waals surface area contributed by atoms with Gasteiger partial charge >= 0.3 is 11.9 Å². The molecule has 0 spiro atoms. The lowest BCUT2D eigenvalue weighted by molar-refractivity contribution is -0.143. The molecule has 150 valence electrons. The lowest BCUT2D eigenvalue weighted by atomic mass is 10.1. The second-order valence-electron chi connectivity index (χ2n) is 5.61. The van der Waals surface area contributed by atoms with Gasteiger partial charge in [-0.3, -0.25) is 9.59 Å². The molecular weight excluding hydrogens is 376 g/mol. The molecule has 0 saturated carbocycles. The number of nitrogens with one attached hydrogen (secondary N) is 2. The lowest BCUT2D eigenvalue weighted by Crippen LogP contribution is -2.22. The average molecular weight is 396 g/mol. The van der Waals surface area contributed by atoms with Gasteiger partial charge in [-0.2, -0.15) is 0 Å². The zero-order valence-electron chi connectivity index (χ0n) is 15.7. The van der Waals surface area contributed by atoms with E-state index in [1.807, 2.05) is 6.07 Å². The molecule has 0 fully saturated rings. The molecule has 8 nitrogen and oxygen atoms in total. The first-order valence-corrected chi connectivity index (χ1v) is 8.76. The highest BCUT2D eigenvalue weighted by molar-refractivity contribution is 6.10. The van der Waals surface area contributed by atoms with E-state index in [0.29, 0.717) is 5.69 Å². The third-order valence-corrected chi connectivity index (χ3v) is 3.47. The monoisotopic (exact) mass is 396 g/mol. The minimum atomic E-state index is -0.872. The fourth-order valence-electron chi connectivity index (χ4n) is 2.21. The predicted octanol–water partition coefficient (Wildman–Crippen LogP) is 2.54. The maximum atomic E-state index is 12.5. The first-order chi connectivity index (χ1) is 14.0. The summed E-state index contributed by atoms with van der Waals surface area (Å²) in [6, 6.07) is 15.3. The number of rotatable bonds is 8. The Hall–Kier alpha value is -3.94. The molecule has 2 N–H and O–H groups in total. The molecule has 2 aromatic rings. The van der Waals surface area contributed by atoms with E-state index in [0.717, 1.165) is 12.2 Å². The van der Waals surface area contributed by atoms with E-state index in [1.165, 1.54) is 0 Å². The second-order valence-corrected chi connectivity index (χ2v) is 5.61. The molecule has 0 bridgehead atoms. The molecule has 0 heterocycles. The first-order valence-electron chi connectivity index (χ1n) is 8.76. The molecular formula is C21H20N2O6. The van der Waals surface area contributed by atoms with Gasteiger partial charge in [0.25, 0.3) is 11.8 Å². The van der Waals surface area contributed by atoms with Crippen molar-refractivity contribution in [2.75, 3.05) is 23.8 Å². The molecule has 0 atom stereocenters. The Balaban J connectivity index is 1.93. The molecule has 2 aromatic carbocycles. The van der Waals surface area contributed by atoms with E-state index in [2.05, 4.69) is 15.4 Å². The molecule has 0 aliphatic carbocycles. The number of ether oxygens (including phenoxy) is 2. The highest BCUT2D eigenvalue weighted by Crippen LogP contribution is 2.17. The van der Waals surface area contributed by atoms with Gasteiger partial charge in [-0.05, 0) is 31.2 Å². The maximum Gasteiger partial charge on any atom is 0.331 e. The van der Waals surface area contributed by atoms with Crippen molar-refractivity contribution in [2.45, 2.75) is 6.92 Å². The topological polar surface area (TPSA) is 111 Å². The van der Waals surface area contributed by atoms with Crippen LogP contribution in [0.3, 0.4) is 0 Å². The molecule has 29 heavy (non-hydrogen) atoms. The van der Waals surface area contributed by atoms with Crippen molar-refractivity contribution in [2.24, 2.45) is 0 Å². The lowest BCUT2D eigenvalue weighted by Gasteiger charge is -2.11. The summed E-state index contributed by atoms with van der Waals surface area (Å²) < 4.78 is 9.38. The van der Waals surface area contributed by atoms with Gasteiger partial charge in [0, 0.05) is 17.8 Å². The molecule has 0 aliphatic rings. The van der Waals surface area contributed by atoms with Crippen LogP contribution >= 0.6 is 0 Å². The number of hydrogen-bond acceptors (Lipinski definition) is 6. The third-order valence-electron chi connectivity index (χ3n) is 3.47. The van der Waals surface area contributed by atoms with Crippen molar-refractivity contribution in [3.63, 3.8) is 0 Å². The largest absolute Gasteiger partial charge is 0.463 e. The summed E-state index contributed by atoms with van der Waals surface area (Å²) in [6.07, 6.45) is 1.78. The third kappa shape index (κ3) is 7.30. The summed E-state index contributed by atoms with van der Waals surface area (Å²) in [5, 5.41) is 5.26. The van der Waals surface area contributed by atoms with Gasteiger partial charge < -0.3 is 20.1 Å². The van der Waals surface area contributed by atoms with Crippen LogP contribution in [0.25, 0.3) is 0 Å². The minimum absolute atomic E-state index is 0.178. The van der Waals surface area contributed by atoms with Crippen LogP contribution in [0.2, 0.25) is 0 Å². The zero-order chi connectivity index (χ0) is 21.1. The Bertz CT molecular complexity index is 908. The fraction of sp³-hybridized carbons (Fsp3) is 0.143. The number of para-hydroxylation sites is 2. The molecule has 0 radical (unpaired) electrons. The number of benzene rings is 2. The normalized spacial score (nSPS) is 10.2. The van der Waals surface area contributed by atoms with E-state index >= 15 is 0 Å². The van der Waals surface area contributed by atoms with Crippen LogP contribution in [0.4, 0.5) is 11.4 Å². The SMILES string of the molecule is CCOC(=O)/C=C/C(=O)OCC(=O)Nc1ccccc1C(=O)Nc1ccccc1. The standard InChI is InChI=1S/C21H20N2O6/c1-2-28-19(25)12-13-20(26)29-14-18(24)23-17-11-7-6-10-16(17)21(27)22-15-8-4-3-5-9-15/h3-13H,2,14H2,1H3,(H,22,27)(H,23,24)/b13-12+. The van der Waals surface area contributed by atoms with Crippen LogP contribution in [0, 0.1) is 0 Å². The maximum absolute atomic E-state index is 12.5. The molecule has 8 heteroatoms. The quantitative estimate of drug-likeness (QED) is 0.524. The summed E-state index contributed by atoms with van der Waals surface area (Å²) in [5.74, 6) is -2.60. The highest BCUT2D eigenvalue weighted by atomic mass is 16.5. The van der Waals surface area contributed by atoms with E-state index in [1.54, 1.807) is 55.5 Å². The Labute approximate surface area is 167 Å². The number of carbonyl (C=O) groups excluding carboxylic acids is 4. The van der Waals surface area contributed by atoms with Gasteiger partial charge in [0.1, 0.15) is 0 Å². The number of amides is 2. The van der Waals surface area contributed by atoms with Crippen molar-refractivity contribution in [3.05, 3.63) is 72.3 Å². The van der Waals surface area contributed by atoms with Crippen LogP contribution in [0.5, 0.6) is 0 Å². The average Bonchev–Trinajstić information content (AvgIpc) is 2.72. The number of anilines is 2. The van der Waals surface area contributed by atoms with Crippen molar-refractivity contribution in [1.82, 2.24) is 0 Å². The minimum Gasteiger partial charge on any atom is -0.463 e. The van der Waals surface area contributed by atoms with Crippen molar-refractivity contribution >= 4 is 35.1 Å². The van der Waals surface area contributed by atoms with Crippen LogP contribution in [-0.4, -0.2) is 37.0 Å². The zero-order valence-corrected chi connectivity index (χ0v) is 15.7. The van der Waals surface area contributed by atoms with Gasteiger partial charge in [0.2, 0.25) is 0 Å². The van der Waals surface area contributed by atoms with Crippen molar-refractivity contribution in [3.8, 4) is 0 Å². The summed E-state index contributed by atoms with van der Waals surface area (Å²) in [4.78, 5) is 47.2. The first kappa shape index (κ1) is 21.4. The van der Waals surface area contributed by atoms with Gasteiger partial charge in [-0.15, -0.1) is 0 Å². The van der Waals surface area contributed by atoms with Gasteiger partial charge in [0.15, 0.2) is 6.61 Å². The van der Waals surface area contributed by atoms with Gasteiger partial charge in [0.05, 0.1) is 17.9 Å². The molecule has 2 rings (SSSR count). The van der Waals surface area contributed by atoms with E-state index < -0.39 is 30.4 Å². The number of esters is 2. The molecule has 0 saturated heterocycles. The Morgan fingerprint density at radius 1 is 0.828 bits per heavy atom. The fourth-order valence-corrected chi connectivity index (χ4v) is 2.21. The highest BCUT2D eigenvalue weighted by Gasteiger charge is 2.14. The Morgan fingerprint density at radius 2 is 1.45 bits per heavy atom. The van der Waals surface area contributed by atoms with E-state index in [9.17, 15) is 19.2 Å². The molecule has 0 aromatic heterocycles. The van der Waals surface area contributed by atoms with E-state index in [-0.39, 0.29) is 17.9 Å². The molecule has 0 aliphatic heterocycles. The van der Waals surface area contributed by atoms with Gasteiger partial charge in [-0.25, -0.2) is 9.59 Å². The second kappa shape index (κ2) is 11.0. The summed E-state index contributed by atoms with van der Waals surface area (Å²) in [7, 11) is 0. The molecule has 2 amide bonds. The van der Waals surface area contributed by atoms with E-state index in [4.69, 9.17) is 4.74 Å². The van der Waals surface area contributed by atoms with Crippen LogP contribution in [-0.2, 0) is 23.9 Å². The van der Waals surface area contributed by atoms with Crippen LogP contribution in [0.1, 0.15) is 17.3 Å². The van der Waals surface area contributed by atoms with Crippen molar-refractivity contribution < 1.29 is 28.7 Å². The molecule has 0 unspecified atom stereocenters. The van der Waals surface area contributed by atoms with Gasteiger partial charge in [-0.1, -0.05) is 30.3 Å². The Kier molecular flexibility index (Phi) is 8.12. The summed E-state index contributed by atoms with van der Waals surface area (Å²) in [6.45, 7) is 1.23. The number of carbonyl (C=O) groups is 4. The number of hydrogen-bond donors (Lipinski definition) is 2. The Morgan fingerprint density at radius 3 is 2.14 bits per heavy atom. The van der Waals surface area contributed by atoms with Crippen LogP contribution < -0.4 is 10.6 Å². The van der Waals surface area contributed by atoms with Crippen LogP contribution in [0.15, 0.2) is 66.7 Å². The summed E-state index contributed by atoms with van der Waals surface area (Å²) in [5.41, 5.74) is 1.13. The van der Waals surface area contributed by atoms with Crippen molar-refractivity contribution in [1.29, 1.82) is 0 Å². The summed E-state index contributed by atoms with van der Waals surface area (Å²) >= 11 is 0. The smallest absolute Gasteiger partial charge is 0.331 e.